The van der Waals surface area contributed by atoms with Gasteiger partial charge in [0.15, 0.2) is 5.75 Å². The van der Waals surface area contributed by atoms with Gasteiger partial charge in [-0.25, -0.2) is 0 Å². The Balaban J connectivity index is 0.000000235. The second-order valence-corrected chi connectivity index (χ2v) is 18.9. The van der Waals surface area contributed by atoms with Crippen molar-refractivity contribution in [2.24, 2.45) is 25.4 Å². The van der Waals surface area contributed by atoms with Gasteiger partial charge in [0.25, 0.3) is 26.1 Å². The minimum atomic E-state index is -4.69. The van der Waals surface area contributed by atoms with Gasteiger partial charge in [-0.3, -0.25) is 18.9 Å². The van der Waals surface area contributed by atoms with Crippen LogP contribution in [0.3, 0.4) is 0 Å². The molecule has 4 N–H and O–H groups in total. The molecule has 0 aromatic heterocycles. The van der Waals surface area contributed by atoms with Crippen LogP contribution in [0.5, 0.6) is 23.0 Å². The summed E-state index contributed by atoms with van der Waals surface area (Å²) in [5.74, 6) is -1.63. The van der Waals surface area contributed by atoms with E-state index in [0.717, 1.165) is 12.1 Å². The van der Waals surface area contributed by atoms with Gasteiger partial charge >= 0.3 is 37.7 Å². The van der Waals surface area contributed by atoms with E-state index < -0.39 is 53.3 Å². The van der Waals surface area contributed by atoms with Crippen molar-refractivity contribution in [2.45, 2.75) is 23.6 Å². The largest absolute Gasteiger partial charge is 2.00 e. The number of amides is 1. The molecule has 0 heterocycles. The van der Waals surface area contributed by atoms with E-state index in [2.05, 4.69) is 30.8 Å². The average molecular weight is 1090 g/mol. The predicted molar refractivity (Wildman–Crippen MR) is 275 cm³/mol. The number of phenols is 1. The fraction of sp³-hybridized carbons (Fsp3) is 0.0800. The Morgan fingerprint density at radius 2 is 1.07 bits per heavy atom. The molecule has 0 spiro atoms. The minimum Gasteiger partial charge on any atom is -0.871 e. The molecule has 0 fully saturated rings. The maximum absolute atomic E-state index is 13.3. The molecule has 8 aromatic carbocycles. The molecule has 18 nitrogen and oxygen atoms in total. The molecule has 0 aliphatic carbocycles. The van der Waals surface area contributed by atoms with Crippen LogP contribution in [0.25, 0.3) is 21.5 Å². The number of fused-ring (bicyclic) bond motifs is 2. The third kappa shape index (κ3) is 12.7. The van der Waals surface area contributed by atoms with Crippen LogP contribution in [0.1, 0.15) is 27.0 Å². The van der Waals surface area contributed by atoms with E-state index in [4.69, 9.17) is 32.7 Å². The number of aryl methyl sites for hydroxylation is 2. The molecule has 0 unspecified atom stereocenters. The molecule has 0 saturated heterocycles. The smallest absolute Gasteiger partial charge is 0.871 e. The number of anilines is 1. The number of carbonyl (C=O) groups is 1. The Kier molecular flexibility index (Phi) is 17.8. The Hall–Kier alpha value is -6.72. The summed E-state index contributed by atoms with van der Waals surface area (Å²) in [6.07, 6.45) is 0. The van der Waals surface area contributed by atoms with Crippen LogP contribution in [-0.2, 0) is 20.2 Å². The molecule has 1 amide bonds. The zero-order chi connectivity index (χ0) is 52.1. The van der Waals surface area contributed by atoms with Gasteiger partial charge < -0.3 is 30.1 Å². The van der Waals surface area contributed by atoms with Gasteiger partial charge in [-0.2, -0.15) is 21.9 Å². The number of azo groups is 2. The summed E-state index contributed by atoms with van der Waals surface area (Å²) in [7, 11) is -6.38. The topological polar surface area (TPSA) is 284 Å². The summed E-state index contributed by atoms with van der Waals surface area (Å²) >= 11 is 12.5. The van der Waals surface area contributed by atoms with Crippen LogP contribution in [0.4, 0.5) is 34.1 Å². The van der Waals surface area contributed by atoms with E-state index in [1.165, 1.54) is 38.5 Å². The normalized spacial score (nSPS) is 11.9. The molecule has 73 heavy (non-hydrogen) atoms. The molecule has 0 aliphatic rings. The number of aromatic hydroxyl groups is 1. The van der Waals surface area contributed by atoms with Crippen molar-refractivity contribution >= 4 is 149 Å². The number of ether oxygens (including phenoxy) is 2. The van der Waals surface area contributed by atoms with Crippen molar-refractivity contribution in [1.82, 2.24) is 0 Å². The first-order valence-corrected chi connectivity index (χ1v) is 24.5. The van der Waals surface area contributed by atoms with E-state index in [1.807, 2.05) is 0 Å². The monoisotopic (exact) mass is 1090 g/mol. The number of benzene rings is 8. The van der Waals surface area contributed by atoms with E-state index in [-0.39, 0.29) is 81.7 Å². The summed E-state index contributed by atoms with van der Waals surface area (Å²) in [5, 5.41) is 57.8. The van der Waals surface area contributed by atoms with Gasteiger partial charge in [-0.05, 0) is 95.7 Å². The molecule has 0 radical (unpaired) electrons. The maximum Gasteiger partial charge on any atom is 2.00 e. The number of methoxy groups -OCH3 is 2. The number of rotatable bonds is 12. The number of phenolic OH excluding ortho intramolecular Hbond substituents is 1. The van der Waals surface area contributed by atoms with Crippen LogP contribution < -0.4 is 25.0 Å². The van der Waals surface area contributed by atoms with E-state index >= 15 is 0 Å². The van der Waals surface area contributed by atoms with Crippen molar-refractivity contribution in [2.75, 3.05) is 19.5 Å². The summed E-state index contributed by atoms with van der Waals surface area (Å²) < 4.78 is 76.9. The molecule has 0 atom stereocenters. The second kappa shape index (κ2) is 23.4. The number of hydrogen-bond donors (Lipinski definition) is 4. The van der Waals surface area contributed by atoms with Crippen LogP contribution in [0.2, 0.25) is 10.0 Å². The van der Waals surface area contributed by atoms with Crippen molar-refractivity contribution in [3.63, 3.8) is 0 Å². The number of halogens is 2. The van der Waals surface area contributed by atoms with Crippen LogP contribution in [-0.4, -0.2) is 94.8 Å². The first-order valence-electron chi connectivity index (χ1n) is 20.9. The SMILES string of the molecule is COc1cccc(N=C([O-])c2cc3ccccc3c(N=Nc3c(S(=O)(=O)O)ccc(C)c3Cl)c2[O-])c1.COc1cccc(NC(=O)c2cc3ccccc3c(N=Nc3c(S(=O)(=O)O)ccc(C)c3Cl)c2O)c1.[Ca+2]. The third-order valence-corrected chi connectivity index (χ3v) is 13.4. The minimum absolute atomic E-state index is 0. The zero-order valence-electron chi connectivity index (χ0n) is 38.7. The standard InChI is InChI=1S/2C25H20ClN3O6S.Ca/c2*1-14-10-11-20(36(32,33)34)23(21(14)26)29-28-22-18-9-4-3-6-15(18)12-19(24(22)30)25(31)27-16-7-5-8-17(13-16)35-2;/h2*3-13,30H,1-2H3,(H,27,31)(H,32,33,34);/q;;+2/p-2. The second-order valence-electron chi connectivity index (χ2n) is 15.4. The summed E-state index contributed by atoms with van der Waals surface area (Å²) in [5.41, 5.74) is 0.448. The number of nitrogens with zero attached hydrogens (tertiary/aromatic N) is 5. The number of nitrogens with one attached hydrogen (secondary N) is 1. The first kappa shape index (κ1) is 55.6. The Bertz CT molecular complexity index is 3790. The Labute approximate surface area is 457 Å². The number of hydrogen-bond acceptors (Lipinski definition) is 15. The van der Waals surface area contributed by atoms with E-state index in [0.29, 0.717) is 55.5 Å². The van der Waals surface area contributed by atoms with Crippen LogP contribution in [0.15, 0.2) is 169 Å². The maximum atomic E-state index is 13.3. The van der Waals surface area contributed by atoms with E-state index in [1.54, 1.807) is 111 Å². The van der Waals surface area contributed by atoms with Gasteiger partial charge in [-0.15, -0.1) is 15.3 Å². The Morgan fingerprint density at radius 3 is 1.60 bits per heavy atom. The van der Waals surface area contributed by atoms with Gasteiger partial charge in [0.05, 0.1) is 41.2 Å². The van der Waals surface area contributed by atoms with Crippen molar-refractivity contribution in [3.05, 3.63) is 166 Å². The molecular weight excluding hydrogens is 1050 g/mol. The van der Waals surface area contributed by atoms with Crippen molar-refractivity contribution < 1.29 is 55.5 Å². The van der Waals surface area contributed by atoms with Gasteiger partial charge in [0.1, 0.15) is 38.4 Å². The molecular formula is C50H38CaCl2N6O12S2. The molecule has 368 valence electrons. The molecule has 8 aromatic rings. The quantitative estimate of drug-likeness (QED) is 0.0292. The summed E-state index contributed by atoms with van der Waals surface area (Å²) in [4.78, 5) is 16.0. The summed E-state index contributed by atoms with van der Waals surface area (Å²) in [6, 6.07) is 34.7. The number of aliphatic imine (C=N–C) groups is 1. The van der Waals surface area contributed by atoms with Gasteiger partial charge in [0.2, 0.25) is 0 Å². The number of carbonyl (C=O) groups excluding carboxylic acids is 1. The first-order chi connectivity index (χ1) is 34.2. The van der Waals surface area contributed by atoms with Crippen molar-refractivity contribution in [3.8, 4) is 23.0 Å². The van der Waals surface area contributed by atoms with Crippen LogP contribution in [0, 0.1) is 13.8 Å². The third-order valence-electron chi connectivity index (χ3n) is 10.7. The molecule has 0 bridgehead atoms. The predicted octanol–water partition coefficient (Wildman–Crippen LogP) is 11.0. The molecule has 0 saturated carbocycles. The molecule has 23 heteroatoms. The fourth-order valence-corrected chi connectivity index (χ4v) is 8.79. The zero-order valence-corrected chi connectivity index (χ0v) is 44.1. The average Bonchev–Trinajstić information content (AvgIpc) is 3.34. The molecule has 0 aliphatic heterocycles. The Morgan fingerprint density at radius 1 is 0.603 bits per heavy atom. The van der Waals surface area contributed by atoms with Gasteiger partial charge in [-0.1, -0.05) is 102 Å². The van der Waals surface area contributed by atoms with Crippen LogP contribution >= 0.6 is 23.2 Å². The van der Waals surface area contributed by atoms with Crippen molar-refractivity contribution in [1.29, 1.82) is 0 Å². The van der Waals surface area contributed by atoms with Gasteiger partial charge in [0, 0.05) is 28.6 Å². The molecule has 8 rings (SSSR count). The fourth-order valence-electron chi connectivity index (χ4n) is 7.01. The summed E-state index contributed by atoms with van der Waals surface area (Å²) in [6.45, 7) is 3.24. The van der Waals surface area contributed by atoms with E-state index in [9.17, 15) is 46.1 Å².